The van der Waals surface area contributed by atoms with E-state index in [1.807, 2.05) is 12.1 Å². The second-order valence-corrected chi connectivity index (χ2v) is 5.54. The molecule has 3 rings (SSSR count). The average molecular weight is 308 g/mol. The van der Waals surface area contributed by atoms with Gasteiger partial charge in [-0.15, -0.1) is 0 Å². The molecule has 0 aromatic carbocycles. The molecule has 0 radical (unpaired) electrons. The van der Waals surface area contributed by atoms with Crippen molar-refractivity contribution in [3.63, 3.8) is 0 Å². The molecule has 0 saturated heterocycles. The van der Waals surface area contributed by atoms with Gasteiger partial charge < -0.3 is 10.4 Å². The molecule has 4 nitrogen and oxygen atoms in total. The Morgan fingerprint density at radius 1 is 1.33 bits per heavy atom. The predicted octanol–water partition coefficient (Wildman–Crippen LogP) is 2.72. The summed E-state index contributed by atoms with van der Waals surface area (Å²) in [6.07, 6.45) is 6.21. The third kappa shape index (κ3) is 2.20. The Balaban J connectivity index is 1.96. The summed E-state index contributed by atoms with van der Waals surface area (Å²) in [4.78, 5) is 8.70. The number of nitrogens with zero attached hydrogens (tertiary/aromatic N) is 2. The minimum Gasteiger partial charge on any atom is -0.391 e. The quantitative estimate of drug-likeness (QED) is 0.895. The first-order valence-corrected chi connectivity index (χ1v) is 6.88. The van der Waals surface area contributed by atoms with Crippen LogP contribution in [-0.4, -0.2) is 27.2 Å². The minimum atomic E-state index is -0.260. The van der Waals surface area contributed by atoms with Gasteiger partial charge in [-0.3, -0.25) is 9.97 Å². The van der Waals surface area contributed by atoms with E-state index in [2.05, 4.69) is 31.2 Å². The molecule has 1 fully saturated rings. The molecule has 2 atom stereocenters. The van der Waals surface area contributed by atoms with E-state index in [0.717, 1.165) is 40.5 Å². The van der Waals surface area contributed by atoms with E-state index in [1.54, 1.807) is 12.4 Å². The molecule has 1 aliphatic carbocycles. The number of halogens is 1. The van der Waals surface area contributed by atoms with Crippen molar-refractivity contribution in [3.05, 3.63) is 29.0 Å². The lowest BCUT2D eigenvalue weighted by molar-refractivity contribution is 0.172. The van der Waals surface area contributed by atoms with Crippen LogP contribution in [-0.2, 0) is 0 Å². The molecular formula is C13H14BrN3O. The number of aromatic nitrogens is 2. The van der Waals surface area contributed by atoms with Crippen LogP contribution in [0.2, 0.25) is 0 Å². The summed E-state index contributed by atoms with van der Waals surface area (Å²) in [5.74, 6) is 0. The molecule has 2 aromatic heterocycles. The zero-order valence-corrected chi connectivity index (χ0v) is 11.4. The standard InChI is InChI=1S/C13H14BrN3O/c14-8-6-11-13(16-7-8)10(4-5-15-11)17-9-2-1-3-12(9)18/h4-7,9,12,18H,1-3H2,(H,15,17)/t9-,12+/m1/s1. The Morgan fingerprint density at radius 3 is 3.00 bits per heavy atom. The van der Waals surface area contributed by atoms with Crippen LogP contribution in [0.3, 0.4) is 0 Å². The molecule has 5 heteroatoms. The largest absolute Gasteiger partial charge is 0.391 e. The summed E-state index contributed by atoms with van der Waals surface area (Å²) in [7, 11) is 0. The van der Waals surface area contributed by atoms with Crippen LogP contribution in [0, 0.1) is 0 Å². The van der Waals surface area contributed by atoms with E-state index in [0.29, 0.717) is 0 Å². The maximum absolute atomic E-state index is 9.86. The lowest BCUT2D eigenvalue weighted by atomic mass is 10.2. The number of nitrogens with one attached hydrogen (secondary N) is 1. The maximum atomic E-state index is 9.86. The Morgan fingerprint density at radius 2 is 2.22 bits per heavy atom. The fraction of sp³-hybridized carbons (Fsp3) is 0.385. The summed E-state index contributed by atoms with van der Waals surface area (Å²) >= 11 is 3.39. The van der Waals surface area contributed by atoms with Gasteiger partial charge in [0.1, 0.15) is 5.52 Å². The molecule has 2 heterocycles. The van der Waals surface area contributed by atoms with Crippen molar-refractivity contribution in [2.75, 3.05) is 5.32 Å². The lowest BCUT2D eigenvalue weighted by Gasteiger charge is -2.18. The molecule has 0 aliphatic heterocycles. The zero-order valence-electron chi connectivity index (χ0n) is 9.81. The maximum Gasteiger partial charge on any atom is 0.112 e. The van der Waals surface area contributed by atoms with Crippen LogP contribution >= 0.6 is 15.9 Å². The first-order chi connectivity index (χ1) is 8.74. The van der Waals surface area contributed by atoms with Crippen molar-refractivity contribution in [3.8, 4) is 0 Å². The first kappa shape index (κ1) is 11.9. The Bertz CT molecular complexity index is 575. The van der Waals surface area contributed by atoms with Crippen molar-refractivity contribution >= 4 is 32.7 Å². The average Bonchev–Trinajstić information content (AvgIpc) is 2.75. The minimum absolute atomic E-state index is 0.126. The van der Waals surface area contributed by atoms with Gasteiger partial charge in [-0.25, -0.2) is 0 Å². The van der Waals surface area contributed by atoms with Crippen LogP contribution in [0.1, 0.15) is 19.3 Å². The van der Waals surface area contributed by atoms with Crippen molar-refractivity contribution in [2.45, 2.75) is 31.4 Å². The highest BCUT2D eigenvalue weighted by Crippen LogP contribution is 2.27. The van der Waals surface area contributed by atoms with E-state index in [4.69, 9.17) is 0 Å². The normalized spacial score (nSPS) is 23.4. The van der Waals surface area contributed by atoms with Crippen molar-refractivity contribution in [1.29, 1.82) is 0 Å². The third-order valence-electron chi connectivity index (χ3n) is 3.36. The molecule has 2 aromatic rings. The number of hydrogen-bond acceptors (Lipinski definition) is 4. The van der Waals surface area contributed by atoms with Gasteiger partial charge in [0.25, 0.3) is 0 Å². The molecule has 0 unspecified atom stereocenters. The summed E-state index contributed by atoms with van der Waals surface area (Å²) in [6.45, 7) is 0. The number of fused-ring (bicyclic) bond motifs is 1. The van der Waals surface area contributed by atoms with Gasteiger partial charge in [-0.05, 0) is 47.3 Å². The summed E-state index contributed by atoms with van der Waals surface area (Å²) < 4.78 is 0.917. The zero-order chi connectivity index (χ0) is 12.5. The predicted molar refractivity (Wildman–Crippen MR) is 74.5 cm³/mol. The number of aliphatic hydroxyl groups is 1. The summed E-state index contributed by atoms with van der Waals surface area (Å²) in [6, 6.07) is 3.98. The molecule has 0 spiro atoms. The highest BCUT2D eigenvalue weighted by molar-refractivity contribution is 9.10. The second kappa shape index (κ2) is 4.82. The lowest BCUT2D eigenvalue weighted by Crippen LogP contribution is -2.28. The fourth-order valence-electron chi connectivity index (χ4n) is 2.43. The van der Waals surface area contributed by atoms with Crippen molar-refractivity contribution in [1.82, 2.24) is 9.97 Å². The molecule has 1 aliphatic rings. The number of aliphatic hydroxyl groups excluding tert-OH is 1. The summed E-state index contributed by atoms with van der Waals surface area (Å²) in [5.41, 5.74) is 2.64. The van der Waals surface area contributed by atoms with E-state index >= 15 is 0 Å². The Labute approximate surface area is 114 Å². The smallest absolute Gasteiger partial charge is 0.112 e. The van der Waals surface area contributed by atoms with Gasteiger partial charge in [0, 0.05) is 16.9 Å². The van der Waals surface area contributed by atoms with Gasteiger partial charge >= 0.3 is 0 Å². The van der Waals surface area contributed by atoms with E-state index in [-0.39, 0.29) is 12.1 Å². The number of anilines is 1. The fourth-order valence-corrected chi connectivity index (χ4v) is 2.75. The van der Waals surface area contributed by atoms with Crippen LogP contribution in [0.25, 0.3) is 11.0 Å². The Kier molecular flexibility index (Phi) is 3.18. The van der Waals surface area contributed by atoms with Gasteiger partial charge in [0.2, 0.25) is 0 Å². The van der Waals surface area contributed by atoms with Crippen LogP contribution in [0.4, 0.5) is 5.69 Å². The molecular weight excluding hydrogens is 294 g/mol. The van der Waals surface area contributed by atoms with Crippen LogP contribution in [0.15, 0.2) is 29.0 Å². The van der Waals surface area contributed by atoms with Gasteiger partial charge in [-0.2, -0.15) is 0 Å². The molecule has 18 heavy (non-hydrogen) atoms. The topological polar surface area (TPSA) is 58.0 Å². The summed E-state index contributed by atoms with van der Waals surface area (Å²) in [5, 5.41) is 13.2. The SMILES string of the molecule is O[C@H]1CCC[C@H]1Nc1ccnc2cc(Br)cnc12. The molecule has 0 amide bonds. The Hall–Kier alpha value is -1.20. The van der Waals surface area contributed by atoms with E-state index in [9.17, 15) is 5.11 Å². The number of pyridine rings is 2. The molecule has 0 bridgehead atoms. The highest BCUT2D eigenvalue weighted by atomic mass is 79.9. The molecule has 1 saturated carbocycles. The van der Waals surface area contributed by atoms with E-state index in [1.165, 1.54) is 0 Å². The van der Waals surface area contributed by atoms with Crippen LogP contribution < -0.4 is 5.32 Å². The second-order valence-electron chi connectivity index (χ2n) is 4.63. The first-order valence-electron chi connectivity index (χ1n) is 6.09. The van der Waals surface area contributed by atoms with Gasteiger partial charge in [-0.1, -0.05) is 0 Å². The highest BCUT2D eigenvalue weighted by Gasteiger charge is 2.25. The third-order valence-corrected chi connectivity index (χ3v) is 3.80. The van der Waals surface area contributed by atoms with Crippen LogP contribution in [0.5, 0.6) is 0 Å². The molecule has 2 N–H and O–H groups in total. The van der Waals surface area contributed by atoms with Crippen molar-refractivity contribution in [2.24, 2.45) is 0 Å². The monoisotopic (exact) mass is 307 g/mol. The van der Waals surface area contributed by atoms with E-state index < -0.39 is 0 Å². The van der Waals surface area contributed by atoms with Gasteiger partial charge in [0.05, 0.1) is 23.3 Å². The van der Waals surface area contributed by atoms with Gasteiger partial charge in [0.15, 0.2) is 0 Å². The number of rotatable bonds is 2. The molecule has 94 valence electrons. The number of hydrogen-bond donors (Lipinski definition) is 2. The van der Waals surface area contributed by atoms with Crippen molar-refractivity contribution < 1.29 is 5.11 Å².